The molecular formula is C12H20N4O5. The minimum atomic E-state index is -0.991. The molecule has 9 nitrogen and oxygen atoms in total. The smallest absolute Gasteiger partial charge is 0.333 e. The van der Waals surface area contributed by atoms with Crippen molar-refractivity contribution in [1.82, 2.24) is 9.78 Å². The minimum Gasteiger partial charge on any atom is -0.481 e. The number of hydrogen-bond donors (Lipinski definition) is 2. The van der Waals surface area contributed by atoms with E-state index in [1.54, 1.807) is 7.05 Å². The van der Waals surface area contributed by atoms with Crippen molar-refractivity contribution in [3.8, 4) is 0 Å². The van der Waals surface area contributed by atoms with E-state index in [1.807, 2.05) is 6.92 Å². The molecule has 0 aliphatic carbocycles. The van der Waals surface area contributed by atoms with Crippen LogP contribution in [0.1, 0.15) is 25.5 Å². The lowest BCUT2D eigenvalue weighted by Gasteiger charge is -2.14. The molecule has 0 bridgehead atoms. The van der Waals surface area contributed by atoms with Crippen LogP contribution in [0.2, 0.25) is 0 Å². The Morgan fingerprint density at radius 3 is 2.76 bits per heavy atom. The van der Waals surface area contributed by atoms with Gasteiger partial charge in [0.05, 0.1) is 17.4 Å². The highest BCUT2D eigenvalue weighted by atomic mass is 16.6. The Morgan fingerprint density at radius 2 is 2.29 bits per heavy atom. The molecule has 0 aliphatic heterocycles. The number of carboxylic acids is 1. The standard InChI is InChI=1S/C12H20N4O5/c1-4-5-9-11(16(19)20)12(15(2)14-9)13-7-8(21-3)6-10(17)18/h8,13H,4-7H2,1-3H3,(H,17,18). The van der Waals surface area contributed by atoms with Crippen molar-refractivity contribution in [2.45, 2.75) is 32.3 Å². The quantitative estimate of drug-likeness (QED) is 0.519. The fraction of sp³-hybridized carbons (Fsp3) is 0.667. The van der Waals surface area contributed by atoms with Crippen molar-refractivity contribution in [2.24, 2.45) is 7.05 Å². The van der Waals surface area contributed by atoms with E-state index in [2.05, 4.69) is 10.4 Å². The highest BCUT2D eigenvalue weighted by molar-refractivity contribution is 5.67. The van der Waals surface area contributed by atoms with Crippen LogP contribution < -0.4 is 5.32 Å². The van der Waals surface area contributed by atoms with E-state index in [1.165, 1.54) is 11.8 Å². The number of ether oxygens (including phenoxy) is 1. The number of methoxy groups -OCH3 is 1. The lowest BCUT2D eigenvalue weighted by atomic mass is 10.2. The van der Waals surface area contributed by atoms with Gasteiger partial charge in [0.15, 0.2) is 0 Å². The molecule has 1 rings (SSSR count). The summed E-state index contributed by atoms with van der Waals surface area (Å²) in [6.07, 6.45) is 0.495. The van der Waals surface area contributed by atoms with Gasteiger partial charge in [-0.2, -0.15) is 5.10 Å². The second-order valence-electron chi connectivity index (χ2n) is 4.61. The zero-order valence-electron chi connectivity index (χ0n) is 12.3. The van der Waals surface area contributed by atoms with Gasteiger partial charge in [0.25, 0.3) is 0 Å². The molecule has 0 radical (unpaired) electrons. The Balaban J connectivity index is 2.91. The lowest BCUT2D eigenvalue weighted by molar-refractivity contribution is -0.384. The van der Waals surface area contributed by atoms with Crippen LogP contribution in [0, 0.1) is 10.1 Å². The summed E-state index contributed by atoms with van der Waals surface area (Å²) in [5.74, 6) is -0.731. The van der Waals surface area contributed by atoms with Crippen LogP contribution in [-0.4, -0.2) is 45.5 Å². The fourth-order valence-corrected chi connectivity index (χ4v) is 2.01. The predicted molar refractivity (Wildman–Crippen MR) is 75.4 cm³/mol. The highest BCUT2D eigenvalue weighted by Crippen LogP contribution is 2.29. The van der Waals surface area contributed by atoms with E-state index in [4.69, 9.17) is 9.84 Å². The number of carboxylic acid groups (broad SMARTS) is 1. The summed E-state index contributed by atoms with van der Waals surface area (Å²) in [5, 5.41) is 27.0. The molecule has 0 amide bonds. The number of carbonyl (C=O) groups is 1. The van der Waals surface area contributed by atoms with Gasteiger partial charge in [0, 0.05) is 20.7 Å². The molecule has 1 unspecified atom stereocenters. The van der Waals surface area contributed by atoms with E-state index in [-0.39, 0.29) is 24.5 Å². The van der Waals surface area contributed by atoms with Crippen LogP contribution in [0.4, 0.5) is 11.5 Å². The molecule has 1 aromatic heterocycles. The summed E-state index contributed by atoms with van der Waals surface area (Å²) in [4.78, 5) is 21.4. The van der Waals surface area contributed by atoms with E-state index in [0.29, 0.717) is 12.1 Å². The topological polar surface area (TPSA) is 120 Å². The molecule has 0 aromatic carbocycles. The van der Waals surface area contributed by atoms with Crippen molar-refractivity contribution in [2.75, 3.05) is 19.0 Å². The minimum absolute atomic E-state index is 0.0653. The van der Waals surface area contributed by atoms with Crippen LogP contribution in [0.3, 0.4) is 0 Å². The van der Waals surface area contributed by atoms with Crippen LogP contribution >= 0.6 is 0 Å². The molecular weight excluding hydrogens is 280 g/mol. The van der Waals surface area contributed by atoms with Crippen molar-refractivity contribution < 1.29 is 19.6 Å². The number of aliphatic carboxylic acids is 1. The number of nitrogens with zero attached hydrogens (tertiary/aromatic N) is 3. The second kappa shape index (κ2) is 7.58. The van der Waals surface area contributed by atoms with Crippen LogP contribution in [0.5, 0.6) is 0 Å². The van der Waals surface area contributed by atoms with Gasteiger partial charge >= 0.3 is 11.7 Å². The van der Waals surface area contributed by atoms with Gasteiger partial charge in [0.2, 0.25) is 5.82 Å². The number of nitrogens with one attached hydrogen (secondary N) is 1. The first-order chi connectivity index (χ1) is 9.90. The molecule has 1 heterocycles. The number of nitro groups is 1. The SMILES string of the molecule is CCCc1nn(C)c(NCC(CC(=O)O)OC)c1[N+](=O)[O-]. The summed E-state index contributed by atoms with van der Waals surface area (Å²) in [6, 6.07) is 0. The molecule has 9 heteroatoms. The third-order valence-corrected chi connectivity index (χ3v) is 2.99. The third-order valence-electron chi connectivity index (χ3n) is 2.99. The van der Waals surface area contributed by atoms with E-state index in [0.717, 1.165) is 6.42 Å². The molecule has 118 valence electrons. The molecule has 1 aromatic rings. The normalized spacial score (nSPS) is 12.1. The maximum Gasteiger partial charge on any atom is 0.333 e. The van der Waals surface area contributed by atoms with Crippen molar-refractivity contribution in [1.29, 1.82) is 0 Å². The van der Waals surface area contributed by atoms with Gasteiger partial charge in [-0.15, -0.1) is 0 Å². The largest absolute Gasteiger partial charge is 0.481 e. The maximum absolute atomic E-state index is 11.2. The Hall–Kier alpha value is -2.16. The third kappa shape index (κ3) is 4.42. The number of anilines is 1. The second-order valence-corrected chi connectivity index (χ2v) is 4.61. The van der Waals surface area contributed by atoms with Crippen molar-refractivity contribution in [3.05, 3.63) is 15.8 Å². The zero-order valence-corrected chi connectivity index (χ0v) is 12.3. The number of rotatable bonds is 9. The van der Waals surface area contributed by atoms with Gasteiger partial charge in [-0.05, 0) is 6.42 Å². The Kier molecular flexibility index (Phi) is 6.10. The molecule has 0 aliphatic rings. The molecule has 1 atom stereocenters. The summed E-state index contributed by atoms with van der Waals surface area (Å²) < 4.78 is 6.43. The number of aryl methyl sites for hydroxylation is 2. The summed E-state index contributed by atoms with van der Waals surface area (Å²) in [5.41, 5.74) is 0.351. The molecule has 0 saturated carbocycles. The van der Waals surface area contributed by atoms with E-state index in [9.17, 15) is 14.9 Å². The zero-order chi connectivity index (χ0) is 16.0. The average Bonchev–Trinajstić information content (AvgIpc) is 2.70. The van der Waals surface area contributed by atoms with Gasteiger partial charge in [-0.3, -0.25) is 14.9 Å². The first-order valence-electron chi connectivity index (χ1n) is 6.59. The molecule has 2 N–H and O–H groups in total. The van der Waals surface area contributed by atoms with E-state index < -0.39 is 17.0 Å². The van der Waals surface area contributed by atoms with Gasteiger partial charge in [0.1, 0.15) is 5.69 Å². The number of aromatic nitrogens is 2. The fourth-order valence-electron chi connectivity index (χ4n) is 2.01. The summed E-state index contributed by atoms with van der Waals surface area (Å²) >= 11 is 0. The first-order valence-corrected chi connectivity index (χ1v) is 6.59. The number of hydrogen-bond acceptors (Lipinski definition) is 6. The lowest BCUT2D eigenvalue weighted by Crippen LogP contribution is -2.26. The highest BCUT2D eigenvalue weighted by Gasteiger charge is 2.26. The van der Waals surface area contributed by atoms with Crippen LogP contribution in [-0.2, 0) is 23.0 Å². The van der Waals surface area contributed by atoms with Gasteiger partial charge in [-0.25, -0.2) is 4.68 Å². The molecule has 21 heavy (non-hydrogen) atoms. The van der Waals surface area contributed by atoms with Gasteiger partial charge in [-0.1, -0.05) is 13.3 Å². The molecule has 0 saturated heterocycles. The predicted octanol–water partition coefficient (Wildman–Crippen LogP) is 1.18. The van der Waals surface area contributed by atoms with Crippen molar-refractivity contribution >= 4 is 17.5 Å². The first kappa shape index (κ1) is 16.9. The van der Waals surface area contributed by atoms with Crippen LogP contribution in [0.15, 0.2) is 0 Å². The summed E-state index contributed by atoms with van der Waals surface area (Å²) in [6.45, 7) is 2.06. The van der Waals surface area contributed by atoms with E-state index >= 15 is 0 Å². The van der Waals surface area contributed by atoms with Gasteiger partial charge < -0.3 is 15.2 Å². The van der Waals surface area contributed by atoms with Crippen LogP contribution in [0.25, 0.3) is 0 Å². The summed E-state index contributed by atoms with van der Waals surface area (Å²) in [7, 11) is 3.00. The Morgan fingerprint density at radius 1 is 1.62 bits per heavy atom. The average molecular weight is 300 g/mol. The monoisotopic (exact) mass is 300 g/mol. The Labute approximate surface area is 122 Å². The molecule has 0 spiro atoms. The molecule has 0 fully saturated rings. The Bertz CT molecular complexity index is 514. The maximum atomic E-state index is 11.2. The van der Waals surface area contributed by atoms with Crippen molar-refractivity contribution in [3.63, 3.8) is 0 Å².